The fourth-order valence-corrected chi connectivity index (χ4v) is 3.74. The summed E-state index contributed by atoms with van der Waals surface area (Å²) in [5.41, 5.74) is 2.47. The molecule has 0 amide bonds. The molecule has 2 aliphatic rings. The van der Waals surface area contributed by atoms with Gasteiger partial charge in [0.15, 0.2) is 0 Å². The Kier molecular flexibility index (Phi) is 3.07. The van der Waals surface area contributed by atoms with Crippen LogP contribution in [0, 0.1) is 0 Å². The standard InChI is InChI=1S/C17H21N3/c1-2-10-19-11-12-20(13-14(19)5-1)17-8-3-7-16-15(17)6-4-9-18-16/h3-4,6-9,14H,1-2,5,10-13H2. The molecule has 0 bridgehead atoms. The Morgan fingerprint density at radius 3 is 3.00 bits per heavy atom. The zero-order chi connectivity index (χ0) is 13.4. The van der Waals surface area contributed by atoms with Crippen molar-refractivity contribution >= 4 is 16.6 Å². The SMILES string of the molecule is c1cc(N2CCN3CCCCC3C2)c2cccnc2c1. The molecule has 3 heteroatoms. The summed E-state index contributed by atoms with van der Waals surface area (Å²) >= 11 is 0. The van der Waals surface area contributed by atoms with Gasteiger partial charge in [0.05, 0.1) is 5.52 Å². The molecule has 2 aromatic rings. The van der Waals surface area contributed by atoms with Gasteiger partial charge in [0.25, 0.3) is 0 Å². The molecular formula is C17H21N3. The highest BCUT2D eigenvalue weighted by Crippen LogP contribution is 2.29. The van der Waals surface area contributed by atoms with Crippen LogP contribution in [0.25, 0.3) is 10.9 Å². The smallest absolute Gasteiger partial charge is 0.0722 e. The van der Waals surface area contributed by atoms with E-state index in [-0.39, 0.29) is 0 Å². The van der Waals surface area contributed by atoms with E-state index in [9.17, 15) is 0 Å². The fourth-order valence-electron chi connectivity index (χ4n) is 3.74. The number of hydrogen-bond donors (Lipinski definition) is 0. The summed E-state index contributed by atoms with van der Waals surface area (Å²) < 4.78 is 0. The summed E-state index contributed by atoms with van der Waals surface area (Å²) in [5.74, 6) is 0. The van der Waals surface area contributed by atoms with Crippen LogP contribution in [-0.4, -0.2) is 42.1 Å². The van der Waals surface area contributed by atoms with E-state index >= 15 is 0 Å². The van der Waals surface area contributed by atoms with Gasteiger partial charge in [0.2, 0.25) is 0 Å². The first-order chi connectivity index (χ1) is 9.92. The number of benzene rings is 1. The molecule has 0 saturated carbocycles. The molecular weight excluding hydrogens is 246 g/mol. The minimum absolute atomic E-state index is 0.754. The highest BCUT2D eigenvalue weighted by molar-refractivity contribution is 5.91. The number of fused-ring (bicyclic) bond motifs is 2. The number of piperazine rings is 1. The van der Waals surface area contributed by atoms with Crippen molar-refractivity contribution in [2.45, 2.75) is 25.3 Å². The molecule has 2 fully saturated rings. The number of anilines is 1. The first-order valence-electron chi connectivity index (χ1n) is 7.74. The molecule has 3 nitrogen and oxygen atoms in total. The zero-order valence-corrected chi connectivity index (χ0v) is 11.8. The van der Waals surface area contributed by atoms with Gasteiger partial charge in [0.1, 0.15) is 0 Å². The van der Waals surface area contributed by atoms with E-state index in [2.05, 4.69) is 39.0 Å². The van der Waals surface area contributed by atoms with Crippen molar-refractivity contribution in [3.8, 4) is 0 Å². The monoisotopic (exact) mass is 267 g/mol. The second kappa shape index (κ2) is 5.06. The van der Waals surface area contributed by atoms with Crippen molar-refractivity contribution in [2.24, 2.45) is 0 Å². The van der Waals surface area contributed by atoms with Gasteiger partial charge in [-0.2, -0.15) is 0 Å². The summed E-state index contributed by atoms with van der Waals surface area (Å²) in [6.45, 7) is 4.83. The van der Waals surface area contributed by atoms with Crippen molar-refractivity contribution in [3.05, 3.63) is 36.5 Å². The van der Waals surface area contributed by atoms with Gasteiger partial charge in [-0.1, -0.05) is 12.5 Å². The van der Waals surface area contributed by atoms with Crippen LogP contribution < -0.4 is 4.90 Å². The second-order valence-corrected chi connectivity index (χ2v) is 5.98. The van der Waals surface area contributed by atoms with Crippen LogP contribution in [0.3, 0.4) is 0 Å². The van der Waals surface area contributed by atoms with Crippen molar-refractivity contribution in [3.63, 3.8) is 0 Å². The zero-order valence-electron chi connectivity index (χ0n) is 11.8. The van der Waals surface area contributed by atoms with E-state index in [1.165, 1.54) is 50.0 Å². The predicted octanol–water partition coefficient (Wildman–Crippen LogP) is 2.91. The normalized spacial score (nSPS) is 23.8. The van der Waals surface area contributed by atoms with Crippen molar-refractivity contribution in [1.29, 1.82) is 0 Å². The summed E-state index contributed by atoms with van der Waals surface area (Å²) in [5, 5.41) is 1.29. The molecule has 0 spiro atoms. The largest absolute Gasteiger partial charge is 0.368 e. The Balaban J connectivity index is 1.66. The average Bonchev–Trinajstić information content (AvgIpc) is 2.54. The summed E-state index contributed by atoms with van der Waals surface area (Å²) in [6, 6.07) is 11.5. The maximum atomic E-state index is 4.48. The summed E-state index contributed by atoms with van der Waals surface area (Å²) in [7, 11) is 0. The lowest BCUT2D eigenvalue weighted by Gasteiger charge is -2.45. The van der Waals surface area contributed by atoms with Crippen LogP contribution in [0.1, 0.15) is 19.3 Å². The van der Waals surface area contributed by atoms with Gasteiger partial charge in [-0.05, 0) is 43.7 Å². The lowest BCUT2D eigenvalue weighted by Crippen LogP contribution is -2.54. The van der Waals surface area contributed by atoms with E-state index in [4.69, 9.17) is 0 Å². The number of piperidine rings is 1. The maximum absolute atomic E-state index is 4.48. The van der Waals surface area contributed by atoms with E-state index in [1.54, 1.807) is 0 Å². The highest BCUT2D eigenvalue weighted by atomic mass is 15.3. The maximum Gasteiger partial charge on any atom is 0.0722 e. The Hall–Kier alpha value is -1.61. The van der Waals surface area contributed by atoms with Crippen LogP contribution in [0.5, 0.6) is 0 Å². The molecule has 1 aromatic carbocycles. The molecule has 1 unspecified atom stereocenters. The van der Waals surface area contributed by atoms with Crippen LogP contribution in [0.4, 0.5) is 5.69 Å². The Morgan fingerprint density at radius 2 is 2.00 bits per heavy atom. The third-order valence-electron chi connectivity index (χ3n) is 4.80. The molecule has 2 aliphatic heterocycles. The molecule has 104 valence electrons. The van der Waals surface area contributed by atoms with Gasteiger partial charge < -0.3 is 4.90 Å². The second-order valence-electron chi connectivity index (χ2n) is 5.98. The molecule has 3 heterocycles. The first kappa shape index (κ1) is 12.2. The number of aromatic nitrogens is 1. The Labute approximate surface area is 120 Å². The minimum atomic E-state index is 0.754. The van der Waals surface area contributed by atoms with Gasteiger partial charge in [0, 0.05) is 42.9 Å². The molecule has 4 rings (SSSR count). The van der Waals surface area contributed by atoms with E-state index in [1.807, 2.05) is 12.3 Å². The molecule has 0 aliphatic carbocycles. The Bertz CT molecular complexity index is 605. The topological polar surface area (TPSA) is 19.4 Å². The number of nitrogens with zero attached hydrogens (tertiary/aromatic N) is 3. The van der Waals surface area contributed by atoms with Gasteiger partial charge >= 0.3 is 0 Å². The number of rotatable bonds is 1. The number of hydrogen-bond acceptors (Lipinski definition) is 3. The number of pyridine rings is 1. The van der Waals surface area contributed by atoms with E-state index < -0.39 is 0 Å². The summed E-state index contributed by atoms with van der Waals surface area (Å²) in [4.78, 5) is 9.73. The lowest BCUT2D eigenvalue weighted by atomic mass is 9.99. The minimum Gasteiger partial charge on any atom is -0.368 e. The third-order valence-corrected chi connectivity index (χ3v) is 4.80. The third kappa shape index (κ3) is 2.06. The van der Waals surface area contributed by atoms with Crippen molar-refractivity contribution < 1.29 is 0 Å². The van der Waals surface area contributed by atoms with Crippen molar-refractivity contribution in [2.75, 3.05) is 31.1 Å². The van der Waals surface area contributed by atoms with Crippen LogP contribution in [0.15, 0.2) is 36.5 Å². The van der Waals surface area contributed by atoms with Gasteiger partial charge in [-0.15, -0.1) is 0 Å². The fraction of sp³-hybridized carbons (Fsp3) is 0.471. The molecule has 20 heavy (non-hydrogen) atoms. The average molecular weight is 267 g/mol. The van der Waals surface area contributed by atoms with Crippen LogP contribution in [0.2, 0.25) is 0 Å². The van der Waals surface area contributed by atoms with Gasteiger partial charge in [-0.3, -0.25) is 9.88 Å². The van der Waals surface area contributed by atoms with Gasteiger partial charge in [-0.25, -0.2) is 0 Å². The molecule has 1 aromatic heterocycles. The van der Waals surface area contributed by atoms with Crippen LogP contribution >= 0.6 is 0 Å². The summed E-state index contributed by atoms with van der Waals surface area (Å²) in [6.07, 6.45) is 6.02. The lowest BCUT2D eigenvalue weighted by molar-refractivity contribution is 0.133. The predicted molar refractivity (Wildman–Crippen MR) is 83.2 cm³/mol. The molecule has 2 saturated heterocycles. The highest BCUT2D eigenvalue weighted by Gasteiger charge is 2.29. The molecule has 0 N–H and O–H groups in total. The quantitative estimate of drug-likeness (QED) is 0.792. The Morgan fingerprint density at radius 1 is 1.00 bits per heavy atom. The molecule has 0 radical (unpaired) electrons. The van der Waals surface area contributed by atoms with Crippen molar-refractivity contribution in [1.82, 2.24) is 9.88 Å². The van der Waals surface area contributed by atoms with E-state index in [0.29, 0.717) is 0 Å². The first-order valence-corrected chi connectivity index (χ1v) is 7.74. The van der Waals surface area contributed by atoms with Crippen LogP contribution in [-0.2, 0) is 0 Å². The molecule has 1 atom stereocenters. The van der Waals surface area contributed by atoms with E-state index in [0.717, 1.165) is 18.1 Å².